The summed E-state index contributed by atoms with van der Waals surface area (Å²) in [7, 11) is 1.08. The zero-order chi connectivity index (χ0) is 29.6. The van der Waals surface area contributed by atoms with Gasteiger partial charge in [-0.25, -0.2) is 0 Å². The van der Waals surface area contributed by atoms with E-state index in [-0.39, 0.29) is 46.5 Å². The quantitative estimate of drug-likeness (QED) is 0.130. The zero-order valence-corrected chi connectivity index (χ0v) is 32.0. The van der Waals surface area contributed by atoms with Gasteiger partial charge in [0.1, 0.15) is 0 Å². The first-order chi connectivity index (χ1) is 19.6. The van der Waals surface area contributed by atoms with Crippen molar-refractivity contribution in [1.29, 1.82) is 0 Å². The van der Waals surface area contributed by atoms with Crippen molar-refractivity contribution in [1.82, 2.24) is 0 Å². The number of hydrogen-bond donors (Lipinski definition) is 0. The van der Waals surface area contributed by atoms with Crippen molar-refractivity contribution < 1.29 is 26.2 Å². The smallest absolute Gasteiger partial charge is 0.358 e. The van der Waals surface area contributed by atoms with Gasteiger partial charge in [-0.1, -0.05) is 132 Å². The minimum atomic E-state index is 0. The summed E-state index contributed by atoms with van der Waals surface area (Å²) < 4.78 is 0. The third kappa shape index (κ3) is 9.60. The largest absolute Gasteiger partial charge is 4.00 e. The van der Waals surface area contributed by atoms with E-state index in [4.69, 9.17) is 0 Å². The number of fused-ring (bicyclic) bond motifs is 2. The van der Waals surface area contributed by atoms with Gasteiger partial charge in [0.2, 0.25) is 0 Å². The summed E-state index contributed by atoms with van der Waals surface area (Å²) in [6.45, 7) is 17.7. The molecule has 0 aromatic heterocycles. The molecule has 0 fully saturated rings. The van der Waals surface area contributed by atoms with Crippen LogP contribution in [0.25, 0.3) is 43.8 Å². The second-order valence-corrected chi connectivity index (χ2v) is 13.3. The van der Waals surface area contributed by atoms with Gasteiger partial charge >= 0.3 is 26.2 Å². The molecule has 0 nitrogen and oxygen atoms in total. The van der Waals surface area contributed by atoms with Gasteiger partial charge in [0.15, 0.2) is 0 Å². The number of benzene rings is 4. The molecule has 0 aliphatic carbocycles. The fourth-order valence-electron chi connectivity index (χ4n) is 5.25. The van der Waals surface area contributed by atoms with Gasteiger partial charge in [0, 0.05) is 9.52 Å². The summed E-state index contributed by atoms with van der Waals surface area (Å²) in [6.07, 6.45) is 0. The molecule has 6 rings (SSSR count). The summed E-state index contributed by atoms with van der Waals surface area (Å²) in [6, 6.07) is 41.9. The Hall–Kier alpha value is -2.80. The summed E-state index contributed by atoms with van der Waals surface area (Å²) in [5.41, 5.74) is 9.60. The maximum absolute atomic E-state index is 2.35. The first kappa shape index (κ1) is 39.2. The fraction of sp³-hybridized carbons (Fsp3) is 0.238. The van der Waals surface area contributed by atoms with Gasteiger partial charge in [0.05, 0.1) is 0 Å². The monoisotopic (exact) mass is 672 g/mol. The fourth-order valence-corrected chi connectivity index (χ4v) is 5.25. The molecule has 0 amide bonds. The van der Waals surface area contributed by atoms with Crippen LogP contribution in [0.3, 0.4) is 0 Å². The molecule has 0 saturated carbocycles. The van der Waals surface area contributed by atoms with Crippen molar-refractivity contribution in [2.75, 3.05) is 0 Å². The number of aryl methyl sites for hydroxylation is 1. The molecular weight excluding hydrogens is 624 g/mol. The molecule has 44 heavy (non-hydrogen) atoms. The second kappa shape index (κ2) is 17.6. The SMILES string of the molecule is CC(C)c1cc2c(-c3ccc(C(C)(C)C)cc3)cccc2[cH-]1.C[Si]C.Cc1cc2c(-c3ccccc3)cccc2[cH-]1.[CH3-].[CH3-].[Zr+4]. The van der Waals surface area contributed by atoms with Crippen LogP contribution < -0.4 is 0 Å². The van der Waals surface area contributed by atoms with Gasteiger partial charge in [0.25, 0.3) is 0 Å². The van der Waals surface area contributed by atoms with Crippen LogP contribution in [0, 0.1) is 21.8 Å². The van der Waals surface area contributed by atoms with Gasteiger partial charge in [-0.2, -0.15) is 12.1 Å². The Morgan fingerprint density at radius 3 is 1.59 bits per heavy atom. The Bertz CT molecular complexity index is 1680. The maximum atomic E-state index is 2.35. The van der Waals surface area contributed by atoms with Crippen LogP contribution in [-0.2, 0) is 31.6 Å². The molecule has 0 aliphatic heterocycles. The second-order valence-electron chi connectivity index (χ2n) is 12.3. The third-order valence-electron chi connectivity index (χ3n) is 7.48. The van der Waals surface area contributed by atoms with E-state index in [2.05, 4.69) is 170 Å². The van der Waals surface area contributed by atoms with Gasteiger partial charge in [-0.3, -0.25) is 0 Å². The molecule has 0 aliphatic rings. The predicted octanol–water partition coefficient (Wildman–Crippen LogP) is 12.9. The normalized spacial score (nSPS) is 10.5. The van der Waals surface area contributed by atoms with Crippen LogP contribution in [0.4, 0.5) is 0 Å². The van der Waals surface area contributed by atoms with Gasteiger partial charge in [-0.05, 0) is 28.0 Å². The van der Waals surface area contributed by atoms with Crippen molar-refractivity contribution in [3.05, 3.63) is 147 Å². The van der Waals surface area contributed by atoms with Crippen molar-refractivity contribution in [3.63, 3.8) is 0 Å². The van der Waals surface area contributed by atoms with Crippen molar-refractivity contribution in [2.24, 2.45) is 0 Å². The molecule has 6 aromatic rings. The molecule has 0 atom stereocenters. The Morgan fingerprint density at radius 1 is 0.614 bits per heavy atom. The van der Waals surface area contributed by atoms with Crippen molar-refractivity contribution >= 4 is 31.1 Å². The average molecular weight is 674 g/mol. The van der Waals surface area contributed by atoms with Gasteiger partial charge < -0.3 is 14.9 Å². The van der Waals surface area contributed by atoms with E-state index in [0.717, 1.165) is 9.52 Å². The van der Waals surface area contributed by atoms with Crippen LogP contribution >= 0.6 is 0 Å². The first-order valence-corrected chi connectivity index (χ1v) is 16.7. The van der Waals surface area contributed by atoms with Crippen molar-refractivity contribution in [3.8, 4) is 22.3 Å². The Labute approximate surface area is 290 Å². The standard InChI is InChI=1S/C22H25.C16H13.C2H6Si.2CH3.Zr/c1-15(2)18-13-17-7-6-8-20(21(17)14-18)16-9-11-19(12-10-16)22(3,4)5;1-12-10-14-8-5-9-15(16(14)11-12)13-6-3-2-4-7-13;1-3-2;;;/h6-15H,1-5H3;2-11H,1H3;1-2H3;2*1H3;/q2*-1;;2*-1;+4. The summed E-state index contributed by atoms with van der Waals surface area (Å²) in [5, 5.41) is 5.40. The van der Waals surface area contributed by atoms with Crippen LogP contribution in [0.15, 0.2) is 115 Å². The third-order valence-corrected chi connectivity index (χ3v) is 7.48. The molecule has 0 bridgehead atoms. The summed E-state index contributed by atoms with van der Waals surface area (Å²) >= 11 is 0. The van der Waals surface area contributed by atoms with E-state index >= 15 is 0 Å². The molecule has 0 heterocycles. The average Bonchev–Trinajstić information content (AvgIpc) is 3.57. The predicted molar refractivity (Wildman–Crippen MR) is 198 cm³/mol. The van der Waals surface area contributed by atoms with Gasteiger partial charge in [-0.15, -0.1) is 69.1 Å². The van der Waals surface area contributed by atoms with E-state index in [1.165, 1.54) is 60.5 Å². The minimum Gasteiger partial charge on any atom is -0.358 e. The maximum Gasteiger partial charge on any atom is 4.00 e. The van der Waals surface area contributed by atoms with E-state index < -0.39 is 0 Å². The molecule has 6 aromatic carbocycles. The van der Waals surface area contributed by atoms with E-state index in [9.17, 15) is 0 Å². The molecule has 2 radical (unpaired) electrons. The van der Waals surface area contributed by atoms with Crippen molar-refractivity contribution in [2.45, 2.75) is 66.0 Å². The molecule has 0 N–H and O–H groups in total. The van der Waals surface area contributed by atoms with E-state index in [1.807, 2.05) is 0 Å². The molecule has 2 heteroatoms. The van der Waals surface area contributed by atoms with E-state index in [1.54, 1.807) is 0 Å². The van der Waals surface area contributed by atoms with Crippen LogP contribution in [0.5, 0.6) is 0 Å². The minimum absolute atomic E-state index is 0. The molecule has 226 valence electrons. The van der Waals surface area contributed by atoms with Crippen LogP contribution in [-0.4, -0.2) is 9.52 Å². The van der Waals surface area contributed by atoms with E-state index in [0.29, 0.717) is 5.92 Å². The Balaban J connectivity index is 0.000000392. The topological polar surface area (TPSA) is 0 Å². The zero-order valence-electron chi connectivity index (χ0n) is 28.5. The Morgan fingerprint density at radius 2 is 1.09 bits per heavy atom. The molecule has 0 spiro atoms. The summed E-state index contributed by atoms with van der Waals surface area (Å²) in [4.78, 5) is 0. The van der Waals surface area contributed by atoms with Crippen LogP contribution in [0.2, 0.25) is 13.1 Å². The van der Waals surface area contributed by atoms with Crippen LogP contribution in [0.1, 0.15) is 57.2 Å². The number of hydrogen-bond acceptors (Lipinski definition) is 0. The Kier molecular flexibility index (Phi) is 15.7. The molecular formula is C42H50SiZr. The molecule has 0 saturated heterocycles. The first-order valence-electron chi connectivity index (χ1n) is 14.7. The number of rotatable bonds is 3. The summed E-state index contributed by atoms with van der Waals surface area (Å²) in [5.74, 6) is 0.573. The molecule has 0 unspecified atom stereocenters.